The molecule has 84 valence electrons. The van der Waals surface area contributed by atoms with Crippen molar-refractivity contribution in [2.24, 2.45) is 10.8 Å². The number of carbonyl (C=O) groups excluding carboxylic acids is 1. The Kier molecular flexibility index (Phi) is 2.30. The van der Waals surface area contributed by atoms with Crippen molar-refractivity contribution in [1.29, 1.82) is 0 Å². The number of ketones is 1. The van der Waals surface area contributed by atoms with Gasteiger partial charge in [-0.15, -0.1) is 0 Å². The monoisotopic (exact) mass is 208 g/mol. The number of aliphatic hydroxyl groups is 1. The van der Waals surface area contributed by atoms with E-state index in [1.54, 1.807) is 0 Å². The van der Waals surface area contributed by atoms with Gasteiger partial charge in [-0.2, -0.15) is 0 Å². The SMILES string of the molecule is CC1(C)C(=O)CC[C@@]2(C)C1=CCC[C@@H]2O. The molecule has 0 heterocycles. The van der Waals surface area contributed by atoms with E-state index < -0.39 is 0 Å². The van der Waals surface area contributed by atoms with Gasteiger partial charge < -0.3 is 5.11 Å². The summed E-state index contributed by atoms with van der Waals surface area (Å²) in [5.74, 6) is 0.320. The van der Waals surface area contributed by atoms with Gasteiger partial charge in [-0.05, 0) is 33.1 Å². The molecule has 0 saturated heterocycles. The minimum Gasteiger partial charge on any atom is -0.392 e. The highest BCUT2D eigenvalue weighted by atomic mass is 16.3. The van der Waals surface area contributed by atoms with Gasteiger partial charge in [0.15, 0.2) is 0 Å². The molecule has 1 N–H and O–H groups in total. The number of hydrogen-bond acceptors (Lipinski definition) is 2. The number of Topliss-reactive ketones (excluding diaryl/α,β-unsaturated/α-hetero) is 1. The van der Waals surface area contributed by atoms with Crippen LogP contribution in [0.4, 0.5) is 0 Å². The summed E-state index contributed by atoms with van der Waals surface area (Å²) in [5, 5.41) is 10.1. The predicted molar refractivity (Wildman–Crippen MR) is 59.5 cm³/mol. The molecule has 0 amide bonds. The lowest BCUT2D eigenvalue weighted by molar-refractivity contribution is -0.130. The lowest BCUT2D eigenvalue weighted by Crippen LogP contribution is -2.48. The van der Waals surface area contributed by atoms with E-state index in [0.29, 0.717) is 12.2 Å². The predicted octanol–water partition coefficient (Wildman–Crippen LogP) is 2.46. The lowest BCUT2D eigenvalue weighted by Gasteiger charge is -2.49. The minimum atomic E-state index is -0.367. The van der Waals surface area contributed by atoms with Crippen molar-refractivity contribution in [3.8, 4) is 0 Å². The van der Waals surface area contributed by atoms with Crippen molar-refractivity contribution in [3.05, 3.63) is 11.6 Å². The topological polar surface area (TPSA) is 37.3 Å². The van der Waals surface area contributed by atoms with Crippen LogP contribution in [0.25, 0.3) is 0 Å². The highest BCUT2D eigenvalue weighted by molar-refractivity contribution is 5.89. The van der Waals surface area contributed by atoms with Gasteiger partial charge in [0.2, 0.25) is 0 Å². The zero-order valence-electron chi connectivity index (χ0n) is 9.84. The van der Waals surface area contributed by atoms with Gasteiger partial charge in [0.1, 0.15) is 5.78 Å². The molecule has 0 radical (unpaired) electrons. The van der Waals surface area contributed by atoms with Crippen molar-refractivity contribution in [3.63, 3.8) is 0 Å². The third kappa shape index (κ3) is 1.38. The van der Waals surface area contributed by atoms with E-state index in [1.807, 2.05) is 13.8 Å². The second-order valence-corrected chi connectivity index (χ2v) is 5.68. The largest absolute Gasteiger partial charge is 0.392 e. The summed E-state index contributed by atoms with van der Waals surface area (Å²) in [6.07, 6.45) is 5.07. The Balaban J connectivity index is 2.47. The van der Waals surface area contributed by atoms with E-state index in [-0.39, 0.29) is 16.9 Å². The molecule has 2 rings (SSSR count). The van der Waals surface area contributed by atoms with Crippen LogP contribution in [-0.4, -0.2) is 17.0 Å². The second-order valence-electron chi connectivity index (χ2n) is 5.68. The zero-order valence-corrected chi connectivity index (χ0v) is 9.84. The number of aliphatic hydroxyl groups excluding tert-OH is 1. The quantitative estimate of drug-likeness (QED) is 0.621. The zero-order chi connectivity index (χ0) is 11.3. The molecule has 0 spiro atoms. The molecule has 1 saturated carbocycles. The first-order chi connectivity index (χ1) is 6.89. The maximum Gasteiger partial charge on any atom is 0.142 e. The van der Waals surface area contributed by atoms with E-state index in [1.165, 1.54) is 5.57 Å². The van der Waals surface area contributed by atoms with Crippen LogP contribution in [0.3, 0.4) is 0 Å². The highest BCUT2D eigenvalue weighted by Crippen LogP contribution is 2.53. The summed E-state index contributed by atoms with van der Waals surface area (Å²) in [7, 11) is 0. The molecule has 0 aromatic heterocycles. The van der Waals surface area contributed by atoms with Crippen LogP contribution in [0.2, 0.25) is 0 Å². The first-order valence-electron chi connectivity index (χ1n) is 5.81. The summed E-state index contributed by atoms with van der Waals surface area (Å²) < 4.78 is 0. The summed E-state index contributed by atoms with van der Waals surface area (Å²) in [5.41, 5.74) is 0.648. The molecule has 0 aliphatic heterocycles. The second kappa shape index (κ2) is 3.18. The molecule has 2 nitrogen and oxygen atoms in total. The maximum absolute atomic E-state index is 11.9. The third-order valence-corrected chi connectivity index (χ3v) is 4.38. The van der Waals surface area contributed by atoms with Crippen LogP contribution < -0.4 is 0 Å². The van der Waals surface area contributed by atoms with Crippen molar-refractivity contribution >= 4 is 5.78 Å². The number of fused-ring (bicyclic) bond motifs is 1. The normalized spacial score (nSPS) is 39.6. The molecule has 0 aromatic rings. The van der Waals surface area contributed by atoms with Gasteiger partial charge in [0.25, 0.3) is 0 Å². The van der Waals surface area contributed by atoms with Gasteiger partial charge in [-0.1, -0.05) is 18.6 Å². The van der Waals surface area contributed by atoms with Crippen LogP contribution in [-0.2, 0) is 4.79 Å². The fourth-order valence-electron chi connectivity index (χ4n) is 3.22. The van der Waals surface area contributed by atoms with Gasteiger partial charge >= 0.3 is 0 Å². The Hall–Kier alpha value is -0.630. The highest BCUT2D eigenvalue weighted by Gasteiger charge is 2.50. The number of rotatable bonds is 0. The molecule has 2 atom stereocenters. The Morgan fingerprint density at radius 1 is 1.40 bits per heavy atom. The molecule has 2 aliphatic rings. The average molecular weight is 208 g/mol. The van der Waals surface area contributed by atoms with Crippen molar-refractivity contribution in [2.45, 2.75) is 52.6 Å². The van der Waals surface area contributed by atoms with Gasteiger partial charge in [-0.3, -0.25) is 4.79 Å². The van der Waals surface area contributed by atoms with Crippen LogP contribution >= 0.6 is 0 Å². The number of carbonyl (C=O) groups is 1. The minimum absolute atomic E-state index is 0.157. The van der Waals surface area contributed by atoms with Crippen LogP contribution in [0.1, 0.15) is 46.5 Å². The van der Waals surface area contributed by atoms with E-state index >= 15 is 0 Å². The molecule has 0 unspecified atom stereocenters. The molecule has 0 aromatic carbocycles. The van der Waals surface area contributed by atoms with Crippen molar-refractivity contribution < 1.29 is 9.90 Å². The molecule has 15 heavy (non-hydrogen) atoms. The average Bonchev–Trinajstić information content (AvgIpc) is 2.16. The van der Waals surface area contributed by atoms with Crippen LogP contribution in [0, 0.1) is 10.8 Å². The van der Waals surface area contributed by atoms with Gasteiger partial charge in [0.05, 0.1) is 6.10 Å². The fourth-order valence-corrected chi connectivity index (χ4v) is 3.22. The summed E-state index contributed by atoms with van der Waals surface area (Å²) >= 11 is 0. The lowest BCUT2D eigenvalue weighted by atomic mass is 9.55. The molecular formula is C13H20O2. The molecular weight excluding hydrogens is 188 g/mol. The molecule has 1 fully saturated rings. The van der Waals surface area contributed by atoms with Gasteiger partial charge in [0, 0.05) is 17.3 Å². The summed E-state index contributed by atoms with van der Waals surface area (Å²) in [6, 6.07) is 0. The fraction of sp³-hybridized carbons (Fsp3) is 0.769. The maximum atomic E-state index is 11.9. The van der Waals surface area contributed by atoms with Crippen LogP contribution in [0.15, 0.2) is 11.6 Å². The molecule has 0 bridgehead atoms. The summed E-state index contributed by atoms with van der Waals surface area (Å²) in [4.78, 5) is 11.9. The number of hydrogen-bond donors (Lipinski definition) is 1. The summed E-state index contributed by atoms with van der Waals surface area (Å²) in [6.45, 7) is 6.10. The van der Waals surface area contributed by atoms with E-state index in [2.05, 4.69) is 13.0 Å². The smallest absolute Gasteiger partial charge is 0.142 e. The molecule has 2 aliphatic carbocycles. The third-order valence-electron chi connectivity index (χ3n) is 4.38. The Labute approximate surface area is 91.4 Å². The first-order valence-corrected chi connectivity index (χ1v) is 5.81. The number of allylic oxidation sites excluding steroid dienone is 1. The van der Waals surface area contributed by atoms with E-state index in [4.69, 9.17) is 0 Å². The van der Waals surface area contributed by atoms with Crippen molar-refractivity contribution in [1.82, 2.24) is 0 Å². The molecule has 2 heteroatoms. The Morgan fingerprint density at radius 3 is 2.73 bits per heavy atom. The van der Waals surface area contributed by atoms with E-state index in [9.17, 15) is 9.90 Å². The Bertz CT molecular complexity index is 327. The van der Waals surface area contributed by atoms with Crippen LogP contribution in [0.5, 0.6) is 0 Å². The van der Waals surface area contributed by atoms with E-state index in [0.717, 1.165) is 19.3 Å². The standard InChI is InChI=1S/C13H20O2/c1-12(2)9-5-4-6-11(15)13(9,3)8-7-10(12)14/h5,11,15H,4,6-8H2,1-3H3/t11-,13-/m0/s1. The van der Waals surface area contributed by atoms with Crippen molar-refractivity contribution in [2.75, 3.05) is 0 Å². The Morgan fingerprint density at radius 2 is 2.07 bits per heavy atom. The first kappa shape index (κ1) is 10.9. The van der Waals surface area contributed by atoms with Gasteiger partial charge in [-0.25, -0.2) is 0 Å².